The number of rotatable bonds is 12. The first-order valence-corrected chi connectivity index (χ1v) is 12.4. The highest BCUT2D eigenvalue weighted by atomic mass is 32.1. The highest BCUT2D eigenvalue weighted by Crippen LogP contribution is 2.28. The van der Waals surface area contributed by atoms with Gasteiger partial charge in [0.05, 0.1) is 20.8 Å². The largest absolute Gasteiger partial charge is 0.493 e. The van der Waals surface area contributed by atoms with Crippen molar-refractivity contribution in [2.24, 2.45) is 0 Å². The van der Waals surface area contributed by atoms with Crippen molar-refractivity contribution in [2.75, 3.05) is 33.9 Å². The lowest BCUT2D eigenvalue weighted by Crippen LogP contribution is -2.43. The number of carbonyl (C=O) groups is 2. The summed E-state index contributed by atoms with van der Waals surface area (Å²) >= 11 is 1.59. The van der Waals surface area contributed by atoms with Crippen molar-refractivity contribution in [3.63, 3.8) is 0 Å². The van der Waals surface area contributed by atoms with Gasteiger partial charge in [-0.1, -0.05) is 18.2 Å². The molecule has 0 saturated heterocycles. The first-order chi connectivity index (χ1) is 17.4. The highest BCUT2D eigenvalue weighted by molar-refractivity contribution is 7.10. The minimum Gasteiger partial charge on any atom is -0.493 e. The maximum absolute atomic E-state index is 13.7. The average molecular weight is 511 g/mol. The molecule has 0 unspecified atom stereocenters. The fourth-order valence-electron chi connectivity index (χ4n) is 3.77. The summed E-state index contributed by atoms with van der Waals surface area (Å²) in [6, 6.07) is 13.2. The summed E-state index contributed by atoms with van der Waals surface area (Å²) in [5.41, 5.74) is 2.30. The number of benzene rings is 2. The van der Waals surface area contributed by atoms with Crippen LogP contribution < -0.4 is 9.47 Å². The number of nitrogens with zero attached hydrogens (tertiary/aromatic N) is 2. The zero-order chi connectivity index (χ0) is 26.1. The number of halogens is 1. The Balaban J connectivity index is 1.79. The van der Waals surface area contributed by atoms with Gasteiger partial charge in [-0.3, -0.25) is 9.59 Å². The highest BCUT2D eigenvalue weighted by Gasteiger charge is 2.23. The summed E-state index contributed by atoms with van der Waals surface area (Å²) in [6.45, 7) is 6.64. The molecule has 1 aromatic heterocycles. The Labute approximate surface area is 215 Å². The number of ether oxygens (including phenoxy) is 2. The molecule has 0 saturated carbocycles. The lowest BCUT2D eigenvalue weighted by Gasteiger charge is -2.27. The molecule has 0 radical (unpaired) electrons. The van der Waals surface area contributed by atoms with Gasteiger partial charge in [0.25, 0.3) is 5.91 Å². The van der Waals surface area contributed by atoms with Crippen LogP contribution in [0.25, 0.3) is 0 Å². The van der Waals surface area contributed by atoms with Gasteiger partial charge in [-0.2, -0.15) is 0 Å². The molecule has 1 heterocycles. The summed E-state index contributed by atoms with van der Waals surface area (Å²) in [5, 5.41) is 2.00. The molecule has 0 atom stereocenters. The molecule has 6 nitrogen and oxygen atoms in total. The summed E-state index contributed by atoms with van der Waals surface area (Å²) in [5.74, 6) is 0.138. The van der Waals surface area contributed by atoms with Gasteiger partial charge >= 0.3 is 0 Å². The molecule has 0 bridgehead atoms. The topological polar surface area (TPSA) is 59.1 Å². The molecule has 0 aliphatic rings. The van der Waals surface area contributed by atoms with E-state index < -0.39 is 11.7 Å². The van der Waals surface area contributed by atoms with Gasteiger partial charge < -0.3 is 19.3 Å². The van der Waals surface area contributed by atoms with Crippen LogP contribution in [-0.4, -0.2) is 55.5 Å². The third-order valence-corrected chi connectivity index (χ3v) is 6.82. The Bertz CT molecular complexity index is 1210. The van der Waals surface area contributed by atoms with Gasteiger partial charge in [-0.15, -0.1) is 17.9 Å². The lowest BCUT2D eigenvalue weighted by molar-refractivity contribution is -0.132. The van der Waals surface area contributed by atoms with E-state index in [0.29, 0.717) is 31.0 Å². The first-order valence-electron chi connectivity index (χ1n) is 11.5. The third-order valence-electron chi connectivity index (χ3n) is 5.81. The summed E-state index contributed by atoms with van der Waals surface area (Å²) in [4.78, 5) is 30.8. The number of hydrogen-bond donors (Lipinski definition) is 0. The first kappa shape index (κ1) is 26.9. The van der Waals surface area contributed by atoms with Crippen molar-refractivity contribution in [1.82, 2.24) is 9.80 Å². The van der Waals surface area contributed by atoms with Gasteiger partial charge in [0.15, 0.2) is 11.5 Å². The van der Waals surface area contributed by atoms with Crippen LogP contribution in [0.2, 0.25) is 0 Å². The Kier molecular flexibility index (Phi) is 9.64. The van der Waals surface area contributed by atoms with E-state index in [4.69, 9.17) is 9.47 Å². The second kappa shape index (κ2) is 12.9. The predicted octanol–water partition coefficient (Wildman–Crippen LogP) is 5.11. The van der Waals surface area contributed by atoms with E-state index in [9.17, 15) is 14.0 Å². The van der Waals surface area contributed by atoms with Crippen molar-refractivity contribution < 1.29 is 23.5 Å². The molecule has 8 heteroatoms. The van der Waals surface area contributed by atoms with E-state index in [0.717, 1.165) is 16.0 Å². The standard InChI is InChI=1S/C28H31FN2O4S/c1-5-13-31(28(33)22-7-6-8-23(29)17-22)19-27(32)30(18-26-20(2)12-15-36-26)14-11-21-9-10-24(34-3)25(16-21)35-4/h5-10,12,15-17H,1,11,13-14,18-19H2,2-4H3. The van der Waals surface area contributed by atoms with Crippen LogP contribution in [0.4, 0.5) is 4.39 Å². The van der Waals surface area contributed by atoms with Gasteiger partial charge in [0.1, 0.15) is 12.4 Å². The van der Waals surface area contributed by atoms with Crippen molar-refractivity contribution in [3.05, 3.63) is 94.0 Å². The quantitative estimate of drug-likeness (QED) is 0.318. The lowest BCUT2D eigenvalue weighted by atomic mass is 10.1. The number of carbonyl (C=O) groups excluding carboxylic acids is 2. The van der Waals surface area contributed by atoms with Crippen LogP contribution >= 0.6 is 11.3 Å². The van der Waals surface area contributed by atoms with Gasteiger partial charge in [0, 0.05) is 23.5 Å². The number of thiophene rings is 1. The summed E-state index contributed by atoms with van der Waals surface area (Å²) in [7, 11) is 3.17. The van der Waals surface area contributed by atoms with Crippen molar-refractivity contribution in [1.29, 1.82) is 0 Å². The van der Waals surface area contributed by atoms with Crippen molar-refractivity contribution in [3.8, 4) is 11.5 Å². The van der Waals surface area contributed by atoms with E-state index in [-0.39, 0.29) is 24.6 Å². The van der Waals surface area contributed by atoms with Gasteiger partial charge in [0.2, 0.25) is 5.91 Å². The van der Waals surface area contributed by atoms with Crippen LogP contribution in [0.5, 0.6) is 11.5 Å². The second-order valence-corrected chi connectivity index (χ2v) is 9.27. The number of aryl methyl sites for hydroxylation is 1. The van der Waals surface area contributed by atoms with Crippen LogP contribution in [0, 0.1) is 12.7 Å². The fraction of sp³-hybridized carbons (Fsp3) is 0.286. The smallest absolute Gasteiger partial charge is 0.254 e. The van der Waals surface area contributed by atoms with E-state index >= 15 is 0 Å². The van der Waals surface area contributed by atoms with E-state index in [2.05, 4.69) is 6.58 Å². The molecule has 0 aliphatic heterocycles. The molecule has 36 heavy (non-hydrogen) atoms. The van der Waals surface area contributed by atoms with Gasteiger partial charge in [-0.05, 0) is 66.2 Å². The van der Waals surface area contributed by atoms with E-state index in [1.165, 1.54) is 29.2 Å². The fourth-order valence-corrected chi connectivity index (χ4v) is 4.69. The van der Waals surface area contributed by atoms with Crippen molar-refractivity contribution in [2.45, 2.75) is 19.9 Å². The summed E-state index contributed by atoms with van der Waals surface area (Å²) < 4.78 is 24.4. The zero-order valence-corrected chi connectivity index (χ0v) is 21.6. The Morgan fingerprint density at radius 2 is 1.83 bits per heavy atom. The molecule has 0 fully saturated rings. The molecule has 2 aromatic carbocycles. The maximum Gasteiger partial charge on any atom is 0.254 e. The molecule has 0 N–H and O–H groups in total. The third kappa shape index (κ3) is 6.95. The molecule has 190 valence electrons. The Morgan fingerprint density at radius 1 is 1.06 bits per heavy atom. The minimum atomic E-state index is -0.504. The van der Waals surface area contributed by atoms with Crippen LogP contribution in [0.3, 0.4) is 0 Å². The molecular formula is C28H31FN2O4S. The zero-order valence-electron chi connectivity index (χ0n) is 20.8. The minimum absolute atomic E-state index is 0.141. The van der Waals surface area contributed by atoms with Crippen LogP contribution in [0.1, 0.15) is 26.4 Å². The summed E-state index contributed by atoms with van der Waals surface area (Å²) in [6.07, 6.45) is 2.15. The Hall–Kier alpha value is -3.65. The van der Waals surface area contributed by atoms with E-state index in [1.54, 1.807) is 36.5 Å². The van der Waals surface area contributed by atoms with Crippen LogP contribution in [-0.2, 0) is 17.8 Å². The van der Waals surface area contributed by atoms with E-state index in [1.807, 2.05) is 36.6 Å². The normalized spacial score (nSPS) is 10.6. The van der Waals surface area contributed by atoms with Crippen molar-refractivity contribution >= 4 is 23.2 Å². The maximum atomic E-state index is 13.7. The average Bonchev–Trinajstić information content (AvgIpc) is 3.29. The SMILES string of the molecule is C=CCN(CC(=O)N(CCc1ccc(OC)c(OC)c1)Cc1sccc1C)C(=O)c1cccc(F)c1. The molecule has 3 aromatic rings. The Morgan fingerprint density at radius 3 is 2.47 bits per heavy atom. The molecular weight excluding hydrogens is 479 g/mol. The number of amides is 2. The van der Waals surface area contributed by atoms with Crippen LogP contribution in [0.15, 0.2) is 66.6 Å². The number of hydrogen-bond acceptors (Lipinski definition) is 5. The number of methoxy groups -OCH3 is 2. The molecule has 3 rings (SSSR count). The second-order valence-electron chi connectivity index (χ2n) is 8.27. The molecule has 0 aliphatic carbocycles. The predicted molar refractivity (Wildman–Crippen MR) is 140 cm³/mol. The monoisotopic (exact) mass is 510 g/mol. The van der Waals surface area contributed by atoms with Gasteiger partial charge in [-0.25, -0.2) is 4.39 Å². The molecule has 2 amide bonds. The molecule has 0 spiro atoms.